The number of likely N-dealkylation sites (tertiary alicyclic amines) is 1. The molecule has 1 atom stereocenters. The second-order valence-electron chi connectivity index (χ2n) is 4.14. The summed E-state index contributed by atoms with van der Waals surface area (Å²) >= 11 is 0. The van der Waals surface area contributed by atoms with E-state index in [2.05, 4.69) is 23.6 Å². The molecule has 0 aromatic carbocycles. The largest absolute Gasteiger partial charge is 0.305 e. The van der Waals surface area contributed by atoms with Gasteiger partial charge in [0.15, 0.2) is 0 Å². The van der Waals surface area contributed by atoms with E-state index in [0.29, 0.717) is 18.7 Å². The molecule has 78 valence electrons. The monoisotopic (exact) mass is 186 g/mol. The van der Waals surface area contributed by atoms with Gasteiger partial charge in [-0.2, -0.15) is 0 Å². The van der Waals surface area contributed by atoms with Gasteiger partial charge in [-0.05, 0) is 39.7 Å². The predicted octanol–water partition coefficient (Wildman–Crippen LogP) is 1.53. The van der Waals surface area contributed by atoms with Gasteiger partial charge in [0.05, 0.1) is 6.61 Å². The lowest BCUT2D eigenvalue weighted by molar-refractivity contribution is 0.0641. The van der Waals surface area contributed by atoms with Crippen LogP contribution >= 0.6 is 0 Å². The van der Waals surface area contributed by atoms with E-state index in [1.807, 2.05) is 0 Å². The molecule has 2 N–H and O–H groups in total. The summed E-state index contributed by atoms with van der Waals surface area (Å²) in [7, 11) is 0. The Hall–Kier alpha value is -0.120. The fourth-order valence-corrected chi connectivity index (χ4v) is 2.22. The van der Waals surface area contributed by atoms with Gasteiger partial charge >= 0.3 is 0 Å². The minimum absolute atomic E-state index is 0.656. The molecule has 0 amide bonds. The Morgan fingerprint density at radius 3 is 2.85 bits per heavy atom. The Balaban J connectivity index is 2.37. The van der Waals surface area contributed by atoms with Gasteiger partial charge in [-0.1, -0.05) is 6.42 Å². The first-order valence-electron chi connectivity index (χ1n) is 5.33. The molecule has 0 aromatic rings. The third-order valence-electron chi connectivity index (χ3n) is 2.90. The zero-order chi connectivity index (χ0) is 9.68. The van der Waals surface area contributed by atoms with Crippen molar-refractivity contribution >= 4 is 0 Å². The molecule has 1 aliphatic rings. The lowest BCUT2D eigenvalue weighted by atomic mass is 9.98. The van der Waals surface area contributed by atoms with Crippen LogP contribution in [0.2, 0.25) is 0 Å². The average Bonchev–Trinajstić information content (AvgIpc) is 2.15. The van der Waals surface area contributed by atoms with Crippen LogP contribution in [-0.4, -0.2) is 30.1 Å². The minimum atomic E-state index is 0.656. The fourth-order valence-electron chi connectivity index (χ4n) is 2.22. The SMILES string of the molecule is CC(C)N1CCCCC1CCON. The van der Waals surface area contributed by atoms with Gasteiger partial charge in [0.25, 0.3) is 0 Å². The smallest absolute Gasteiger partial charge is 0.0694 e. The maximum Gasteiger partial charge on any atom is 0.0694 e. The van der Waals surface area contributed by atoms with E-state index in [-0.39, 0.29) is 0 Å². The molecule has 3 heteroatoms. The number of rotatable bonds is 4. The molecule has 0 bridgehead atoms. The third kappa shape index (κ3) is 3.25. The molecule has 1 aliphatic heterocycles. The molecule has 1 saturated heterocycles. The summed E-state index contributed by atoms with van der Waals surface area (Å²) in [5.41, 5.74) is 0. The molecule has 13 heavy (non-hydrogen) atoms. The van der Waals surface area contributed by atoms with Gasteiger partial charge in [0, 0.05) is 12.1 Å². The Morgan fingerprint density at radius 2 is 2.23 bits per heavy atom. The van der Waals surface area contributed by atoms with Gasteiger partial charge in [0.2, 0.25) is 0 Å². The van der Waals surface area contributed by atoms with Crippen molar-refractivity contribution in [1.29, 1.82) is 0 Å². The number of hydrogen-bond donors (Lipinski definition) is 1. The molecule has 1 unspecified atom stereocenters. The van der Waals surface area contributed by atoms with E-state index in [9.17, 15) is 0 Å². The molecular weight excluding hydrogens is 164 g/mol. The number of nitrogens with two attached hydrogens (primary N) is 1. The first-order chi connectivity index (χ1) is 6.25. The molecule has 0 aromatic heterocycles. The van der Waals surface area contributed by atoms with E-state index >= 15 is 0 Å². The predicted molar refractivity (Wildman–Crippen MR) is 54.2 cm³/mol. The van der Waals surface area contributed by atoms with Crippen LogP contribution in [0, 0.1) is 0 Å². The van der Waals surface area contributed by atoms with Gasteiger partial charge in [0.1, 0.15) is 0 Å². The zero-order valence-corrected chi connectivity index (χ0v) is 8.83. The Labute approximate surface area is 81.2 Å². The molecule has 0 spiro atoms. The maximum atomic E-state index is 5.05. The standard InChI is InChI=1S/C10H22N2O/c1-9(2)12-7-4-3-5-10(12)6-8-13-11/h9-10H,3-8,11H2,1-2H3. The summed E-state index contributed by atoms with van der Waals surface area (Å²) in [5, 5.41) is 0. The van der Waals surface area contributed by atoms with Gasteiger partial charge in [-0.15, -0.1) is 0 Å². The summed E-state index contributed by atoms with van der Waals surface area (Å²) in [6, 6.07) is 1.35. The van der Waals surface area contributed by atoms with Crippen LogP contribution < -0.4 is 5.90 Å². The minimum Gasteiger partial charge on any atom is -0.305 e. The lowest BCUT2D eigenvalue weighted by Gasteiger charge is -2.38. The molecule has 0 aliphatic carbocycles. The molecule has 1 fully saturated rings. The van der Waals surface area contributed by atoms with Crippen LogP contribution in [-0.2, 0) is 4.84 Å². The van der Waals surface area contributed by atoms with Crippen LogP contribution in [0.5, 0.6) is 0 Å². The summed E-state index contributed by atoms with van der Waals surface area (Å²) in [5.74, 6) is 5.05. The molecule has 3 nitrogen and oxygen atoms in total. The lowest BCUT2D eigenvalue weighted by Crippen LogP contribution is -2.44. The van der Waals surface area contributed by atoms with E-state index in [4.69, 9.17) is 5.90 Å². The molecule has 0 saturated carbocycles. The highest BCUT2D eigenvalue weighted by Crippen LogP contribution is 2.21. The number of hydrogen-bond acceptors (Lipinski definition) is 3. The third-order valence-corrected chi connectivity index (χ3v) is 2.90. The van der Waals surface area contributed by atoms with Crippen LogP contribution in [0.25, 0.3) is 0 Å². The molecular formula is C10H22N2O. The molecule has 1 heterocycles. The first-order valence-corrected chi connectivity index (χ1v) is 5.33. The molecule has 0 radical (unpaired) electrons. The van der Waals surface area contributed by atoms with Crippen molar-refractivity contribution in [2.24, 2.45) is 5.90 Å². The van der Waals surface area contributed by atoms with Crippen molar-refractivity contribution in [1.82, 2.24) is 4.90 Å². The summed E-state index contributed by atoms with van der Waals surface area (Å²) in [4.78, 5) is 7.22. The summed E-state index contributed by atoms with van der Waals surface area (Å²) < 4.78 is 0. The normalized spacial score (nSPS) is 25.4. The summed E-state index contributed by atoms with van der Waals surface area (Å²) in [6.07, 6.45) is 5.09. The first kappa shape index (κ1) is 11.0. The summed E-state index contributed by atoms with van der Waals surface area (Å²) in [6.45, 7) is 6.46. The van der Waals surface area contributed by atoms with Gasteiger partial charge in [-0.25, -0.2) is 5.90 Å². The average molecular weight is 186 g/mol. The van der Waals surface area contributed by atoms with Gasteiger partial charge < -0.3 is 4.84 Å². The van der Waals surface area contributed by atoms with E-state index in [0.717, 1.165) is 6.42 Å². The van der Waals surface area contributed by atoms with Crippen LogP contribution in [0.4, 0.5) is 0 Å². The Morgan fingerprint density at radius 1 is 1.46 bits per heavy atom. The molecule has 1 rings (SSSR count). The topological polar surface area (TPSA) is 38.5 Å². The van der Waals surface area contributed by atoms with Crippen molar-refractivity contribution in [3.63, 3.8) is 0 Å². The van der Waals surface area contributed by atoms with E-state index in [1.165, 1.54) is 25.8 Å². The zero-order valence-electron chi connectivity index (χ0n) is 8.83. The van der Waals surface area contributed by atoms with Gasteiger partial charge in [-0.3, -0.25) is 4.90 Å². The van der Waals surface area contributed by atoms with Crippen molar-refractivity contribution < 1.29 is 4.84 Å². The van der Waals surface area contributed by atoms with Crippen LogP contribution in [0.15, 0.2) is 0 Å². The van der Waals surface area contributed by atoms with E-state index in [1.54, 1.807) is 0 Å². The quantitative estimate of drug-likeness (QED) is 0.677. The van der Waals surface area contributed by atoms with Crippen LogP contribution in [0.1, 0.15) is 39.5 Å². The van der Waals surface area contributed by atoms with Crippen molar-refractivity contribution in [3.05, 3.63) is 0 Å². The Bertz CT molecular complexity index is 139. The highest BCUT2D eigenvalue weighted by Gasteiger charge is 2.23. The number of nitrogens with zero attached hydrogens (tertiary/aromatic N) is 1. The van der Waals surface area contributed by atoms with Crippen molar-refractivity contribution in [2.75, 3.05) is 13.2 Å². The number of piperidine rings is 1. The van der Waals surface area contributed by atoms with Crippen molar-refractivity contribution in [2.45, 2.75) is 51.6 Å². The second-order valence-corrected chi connectivity index (χ2v) is 4.14. The highest BCUT2D eigenvalue weighted by atomic mass is 16.6. The van der Waals surface area contributed by atoms with Crippen molar-refractivity contribution in [3.8, 4) is 0 Å². The fraction of sp³-hybridized carbons (Fsp3) is 1.00. The van der Waals surface area contributed by atoms with E-state index < -0.39 is 0 Å². The highest BCUT2D eigenvalue weighted by molar-refractivity contribution is 4.78. The Kier molecular flexibility index (Phi) is 4.70. The second kappa shape index (κ2) is 5.58. The maximum absolute atomic E-state index is 5.05. The van der Waals surface area contributed by atoms with Crippen LogP contribution in [0.3, 0.4) is 0 Å².